The minimum Gasteiger partial charge on any atom is -0.501 e. The third-order valence-electron chi connectivity index (χ3n) is 8.38. The Morgan fingerprint density at radius 3 is 2.88 bits per heavy atom. The largest absolute Gasteiger partial charge is 0.501 e. The normalized spacial score (nSPS) is 40.0. The lowest BCUT2D eigenvalue weighted by Crippen LogP contribution is -2.43. The highest BCUT2D eigenvalue weighted by atomic mass is 16.5. The van der Waals surface area contributed by atoms with Gasteiger partial charge >= 0.3 is 0 Å². The van der Waals surface area contributed by atoms with Gasteiger partial charge < -0.3 is 4.74 Å². The molecule has 0 spiro atoms. The average Bonchev–Trinajstić information content (AvgIpc) is 2.98. The van der Waals surface area contributed by atoms with Crippen molar-refractivity contribution in [3.63, 3.8) is 0 Å². The van der Waals surface area contributed by atoms with E-state index >= 15 is 0 Å². The number of fused-ring (bicyclic) bond motifs is 4. The molecule has 0 radical (unpaired) electrons. The lowest BCUT2D eigenvalue weighted by molar-refractivity contribution is 0.0221. The molecule has 0 unspecified atom stereocenters. The first kappa shape index (κ1) is 17.4. The second kappa shape index (κ2) is 6.63. The monoisotopic (exact) mass is 340 g/mol. The Morgan fingerprint density at radius 1 is 1.28 bits per heavy atom. The van der Waals surface area contributed by atoms with E-state index in [0.717, 1.165) is 36.5 Å². The van der Waals surface area contributed by atoms with Gasteiger partial charge in [-0.2, -0.15) is 0 Å². The van der Waals surface area contributed by atoms with Crippen LogP contribution in [0.3, 0.4) is 0 Å². The van der Waals surface area contributed by atoms with Gasteiger partial charge in [0, 0.05) is 6.42 Å². The van der Waals surface area contributed by atoms with Gasteiger partial charge in [0.1, 0.15) is 0 Å². The van der Waals surface area contributed by atoms with E-state index in [0.29, 0.717) is 5.41 Å². The summed E-state index contributed by atoms with van der Waals surface area (Å²) in [6.45, 7) is 9.45. The molecule has 0 aromatic heterocycles. The van der Waals surface area contributed by atoms with Gasteiger partial charge in [0.2, 0.25) is 0 Å². The molecular formula is C24H36O. The van der Waals surface area contributed by atoms with Gasteiger partial charge in [0.25, 0.3) is 0 Å². The molecule has 0 aliphatic heterocycles. The smallest absolute Gasteiger partial charge is 0.0959 e. The van der Waals surface area contributed by atoms with E-state index in [1.54, 1.807) is 11.1 Å². The molecule has 0 saturated heterocycles. The minimum atomic E-state index is 0.535. The molecule has 1 heteroatoms. The van der Waals surface area contributed by atoms with Crippen molar-refractivity contribution in [2.75, 3.05) is 7.11 Å². The summed E-state index contributed by atoms with van der Waals surface area (Å²) in [7, 11) is 1.83. The standard InChI is InChI=1S/C24H36O/c1-5-6-16(2)22-11-12-23-21-9-7-17-15-18(25-4)8-10-19(17)20(21)13-14-24(22,23)3/h8,20-23H,2,5-7,9-15H2,1,3-4H3/t20-,21-,22-,23+,24-/m1/s1. The Kier molecular flexibility index (Phi) is 4.63. The molecular weight excluding hydrogens is 304 g/mol. The van der Waals surface area contributed by atoms with Crippen molar-refractivity contribution < 1.29 is 4.74 Å². The highest BCUT2D eigenvalue weighted by molar-refractivity contribution is 5.33. The first-order valence-electron chi connectivity index (χ1n) is 10.7. The van der Waals surface area contributed by atoms with Gasteiger partial charge in [-0.15, -0.1) is 0 Å². The topological polar surface area (TPSA) is 9.23 Å². The van der Waals surface area contributed by atoms with E-state index < -0.39 is 0 Å². The number of methoxy groups -OCH3 is 1. The number of hydrogen-bond donors (Lipinski definition) is 0. The van der Waals surface area contributed by atoms with Crippen LogP contribution in [0.15, 0.2) is 35.1 Å². The van der Waals surface area contributed by atoms with Gasteiger partial charge in [-0.05, 0) is 86.5 Å². The molecule has 138 valence electrons. The molecule has 25 heavy (non-hydrogen) atoms. The minimum absolute atomic E-state index is 0.535. The van der Waals surface area contributed by atoms with E-state index in [1.165, 1.54) is 57.1 Å². The Morgan fingerprint density at radius 2 is 2.12 bits per heavy atom. The molecule has 4 rings (SSSR count). The maximum absolute atomic E-state index is 5.54. The Balaban J connectivity index is 1.55. The van der Waals surface area contributed by atoms with Crippen LogP contribution >= 0.6 is 0 Å². The summed E-state index contributed by atoms with van der Waals surface area (Å²) in [5.41, 5.74) is 5.64. The maximum atomic E-state index is 5.54. The third kappa shape index (κ3) is 2.73. The van der Waals surface area contributed by atoms with Gasteiger partial charge in [-0.25, -0.2) is 0 Å². The van der Waals surface area contributed by atoms with Crippen molar-refractivity contribution in [2.45, 2.75) is 78.1 Å². The van der Waals surface area contributed by atoms with Crippen LogP contribution in [0.1, 0.15) is 78.1 Å². The SMILES string of the molecule is C=C(CCC)[C@H]1CC[C@H]2[C@@H]3CCC4=C(CC=C(OC)C4)[C@H]3CC[C@]12C. The molecule has 2 fully saturated rings. The number of rotatable bonds is 4. The van der Waals surface area contributed by atoms with E-state index in [-0.39, 0.29) is 0 Å². The number of allylic oxidation sites excluding steroid dienone is 4. The van der Waals surface area contributed by atoms with Crippen LogP contribution in [-0.4, -0.2) is 7.11 Å². The quantitative estimate of drug-likeness (QED) is 0.510. The van der Waals surface area contributed by atoms with Gasteiger partial charge in [-0.3, -0.25) is 0 Å². The molecule has 2 saturated carbocycles. The summed E-state index contributed by atoms with van der Waals surface area (Å²) in [4.78, 5) is 0. The van der Waals surface area contributed by atoms with Crippen LogP contribution in [0.2, 0.25) is 0 Å². The zero-order valence-corrected chi connectivity index (χ0v) is 16.6. The van der Waals surface area contributed by atoms with Crippen LogP contribution < -0.4 is 0 Å². The summed E-state index contributed by atoms with van der Waals surface area (Å²) in [6, 6.07) is 0. The zero-order valence-electron chi connectivity index (χ0n) is 16.6. The van der Waals surface area contributed by atoms with Crippen molar-refractivity contribution in [1.82, 2.24) is 0 Å². The molecule has 4 aliphatic carbocycles. The zero-order chi connectivity index (χ0) is 17.6. The second-order valence-corrected chi connectivity index (χ2v) is 9.38. The molecule has 0 aromatic carbocycles. The molecule has 1 nitrogen and oxygen atoms in total. The average molecular weight is 341 g/mol. The van der Waals surface area contributed by atoms with Gasteiger partial charge in [0.05, 0.1) is 12.9 Å². The molecule has 0 amide bonds. The fourth-order valence-electron chi connectivity index (χ4n) is 7.21. The summed E-state index contributed by atoms with van der Waals surface area (Å²) in [6.07, 6.45) is 15.5. The third-order valence-corrected chi connectivity index (χ3v) is 8.38. The highest BCUT2D eigenvalue weighted by Gasteiger charge is 2.55. The molecule has 0 bridgehead atoms. The first-order chi connectivity index (χ1) is 12.1. The lowest BCUT2D eigenvalue weighted by Gasteiger charge is -2.52. The van der Waals surface area contributed by atoms with E-state index in [9.17, 15) is 0 Å². The van der Waals surface area contributed by atoms with Crippen LogP contribution in [0, 0.1) is 29.1 Å². The predicted molar refractivity (Wildman–Crippen MR) is 105 cm³/mol. The maximum Gasteiger partial charge on any atom is 0.0959 e. The van der Waals surface area contributed by atoms with Crippen LogP contribution in [0.4, 0.5) is 0 Å². The van der Waals surface area contributed by atoms with Crippen molar-refractivity contribution in [3.8, 4) is 0 Å². The van der Waals surface area contributed by atoms with E-state index in [1.807, 2.05) is 12.7 Å². The van der Waals surface area contributed by atoms with Crippen molar-refractivity contribution in [2.24, 2.45) is 29.1 Å². The van der Waals surface area contributed by atoms with Crippen molar-refractivity contribution in [3.05, 3.63) is 35.1 Å². The van der Waals surface area contributed by atoms with Crippen molar-refractivity contribution >= 4 is 0 Å². The predicted octanol–water partition coefficient (Wildman–Crippen LogP) is 6.82. The molecule has 0 N–H and O–H groups in total. The molecule has 0 heterocycles. The molecule has 0 aromatic rings. The first-order valence-corrected chi connectivity index (χ1v) is 10.7. The van der Waals surface area contributed by atoms with Crippen LogP contribution in [0.5, 0.6) is 0 Å². The van der Waals surface area contributed by atoms with Gasteiger partial charge in [-0.1, -0.05) is 43.6 Å². The fourth-order valence-corrected chi connectivity index (χ4v) is 7.21. The van der Waals surface area contributed by atoms with E-state index in [4.69, 9.17) is 4.74 Å². The molecule has 4 aliphatic rings. The Bertz CT molecular complexity index is 610. The van der Waals surface area contributed by atoms with Crippen LogP contribution in [-0.2, 0) is 4.74 Å². The highest BCUT2D eigenvalue weighted by Crippen LogP contribution is 2.64. The Labute approximate surface area is 154 Å². The summed E-state index contributed by atoms with van der Waals surface area (Å²) >= 11 is 0. The number of hydrogen-bond acceptors (Lipinski definition) is 1. The summed E-state index contributed by atoms with van der Waals surface area (Å²) < 4.78 is 5.54. The number of ether oxygens (including phenoxy) is 1. The summed E-state index contributed by atoms with van der Waals surface area (Å²) in [5.74, 6) is 4.74. The molecule has 5 atom stereocenters. The van der Waals surface area contributed by atoms with Gasteiger partial charge in [0.15, 0.2) is 0 Å². The lowest BCUT2D eigenvalue weighted by atomic mass is 9.53. The van der Waals surface area contributed by atoms with Crippen molar-refractivity contribution in [1.29, 1.82) is 0 Å². The van der Waals surface area contributed by atoms with E-state index in [2.05, 4.69) is 26.5 Å². The fraction of sp³-hybridized carbons (Fsp3) is 0.750. The summed E-state index contributed by atoms with van der Waals surface area (Å²) in [5, 5.41) is 0. The van der Waals surface area contributed by atoms with Crippen LogP contribution in [0.25, 0.3) is 0 Å². The Hall–Kier alpha value is -0.980. The second-order valence-electron chi connectivity index (χ2n) is 9.38.